The Bertz CT molecular complexity index is 1170. The van der Waals surface area contributed by atoms with Gasteiger partial charge in [-0.3, -0.25) is 0 Å². The summed E-state index contributed by atoms with van der Waals surface area (Å²) in [4.78, 5) is 33.6. The van der Waals surface area contributed by atoms with Crippen molar-refractivity contribution in [3.8, 4) is 0 Å². The Labute approximate surface area is 181 Å². The highest BCUT2D eigenvalue weighted by molar-refractivity contribution is 6.33. The number of nitrogens with one attached hydrogen (secondary N) is 2. The molecule has 2 amide bonds. The first-order chi connectivity index (χ1) is 14.9. The molecule has 0 unspecified atom stereocenters. The number of carbonyl (C=O) groups is 2. The summed E-state index contributed by atoms with van der Waals surface area (Å²) >= 11 is 6.02. The third-order valence-corrected chi connectivity index (χ3v) is 5.41. The fourth-order valence-electron chi connectivity index (χ4n) is 3.61. The summed E-state index contributed by atoms with van der Waals surface area (Å²) in [5.41, 5.74) is 1.56. The van der Waals surface area contributed by atoms with Crippen LogP contribution < -0.4 is 5.32 Å². The fourth-order valence-corrected chi connectivity index (χ4v) is 3.80. The van der Waals surface area contributed by atoms with Crippen molar-refractivity contribution in [1.29, 1.82) is 0 Å². The summed E-state index contributed by atoms with van der Waals surface area (Å²) in [6.45, 7) is 0.235. The number of esters is 1. The molecule has 4 rings (SSSR count). The molecule has 1 aromatic heterocycles. The number of aromatic nitrogens is 2. The molecule has 31 heavy (non-hydrogen) atoms. The van der Waals surface area contributed by atoms with E-state index in [0.717, 1.165) is 11.8 Å². The molecular weight excluding hydrogens is 430 g/mol. The van der Waals surface area contributed by atoms with Gasteiger partial charge in [-0.25, -0.2) is 23.4 Å². The molecule has 2 N–H and O–H groups in total. The van der Waals surface area contributed by atoms with Gasteiger partial charge < -0.3 is 19.9 Å². The van der Waals surface area contributed by atoms with Crippen LogP contribution in [0.25, 0.3) is 0 Å². The number of benzene rings is 2. The number of methoxy groups -OCH3 is 1. The predicted octanol–water partition coefficient (Wildman–Crippen LogP) is 4.31. The van der Waals surface area contributed by atoms with Crippen LogP contribution in [-0.4, -0.2) is 40.5 Å². The Morgan fingerprint density at radius 1 is 1.29 bits per heavy atom. The molecule has 1 atom stereocenters. The van der Waals surface area contributed by atoms with Gasteiger partial charge in [-0.15, -0.1) is 0 Å². The second-order valence-corrected chi connectivity index (χ2v) is 7.28. The molecular formula is C21H17ClF2N4O3. The summed E-state index contributed by atoms with van der Waals surface area (Å²) < 4.78 is 33.2. The van der Waals surface area contributed by atoms with E-state index in [2.05, 4.69) is 20.0 Å². The van der Waals surface area contributed by atoms with Crippen LogP contribution in [0.1, 0.15) is 33.4 Å². The molecule has 2 heterocycles. The molecule has 0 spiro atoms. The van der Waals surface area contributed by atoms with Crippen LogP contribution in [0.2, 0.25) is 5.02 Å². The maximum Gasteiger partial charge on any atom is 0.339 e. The lowest BCUT2D eigenvalue weighted by Crippen LogP contribution is -2.43. The lowest BCUT2D eigenvalue weighted by Gasteiger charge is -2.35. The van der Waals surface area contributed by atoms with Crippen LogP contribution in [0.3, 0.4) is 0 Å². The molecule has 2 aromatic carbocycles. The van der Waals surface area contributed by atoms with Gasteiger partial charge >= 0.3 is 12.0 Å². The van der Waals surface area contributed by atoms with E-state index >= 15 is 0 Å². The van der Waals surface area contributed by atoms with Gasteiger partial charge in [0.15, 0.2) is 11.6 Å². The molecule has 0 saturated carbocycles. The molecule has 3 aromatic rings. The van der Waals surface area contributed by atoms with Gasteiger partial charge in [0.2, 0.25) is 0 Å². The number of ether oxygens (including phenoxy) is 1. The van der Waals surface area contributed by atoms with E-state index in [9.17, 15) is 18.4 Å². The Kier molecular flexibility index (Phi) is 5.60. The third-order valence-electron chi connectivity index (χ3n) is 5.08. The molecule has 160 valence electrons. The highest BCUT2D eigenvalue weighted by atomic mass is 35.5. The number of hydrogen-bond donors (Lipinski definition) is 2. The molecule has 0 bridgehead atoms. The van der Waals surface area contributed by atoms with E-state index in [-0.39, 0.29) is 22.7 Å². The zero-order chi connectivity index (χ0) is 22.1. The van der Waals surface area contributed by atoms with Gasteiger partial charge in [-0.1, -0.05) is 23.7 Å². The number of fused-ring (bicyclic) bond motifs is 1. The Morgan fingerprint density at radius 2 is 2.10 bits per heavy atom. The third kappa shape index (κ3) is 3.84. The topological polar surface area (TPSA) is 87.3 Å². The maximum absolute atomic E-state index is 14.6. The standard InChI is InChI=1S/C21H17ClF2N4O3/c1-31-20(29)13-9-11(5-6-14(13)22)27-21(30)28-8-7-16-18(26-10-25-16)19(28)12-3-2-4-15(23)17(12)24/h2-6,9-10,19H,7-8H2,1H3,(H,25,26)(H,27,30)/t19-/m0/s1. The number of halogens is 3. The Hall–Kier alpha value is -3.46. The number of rotatable bonds is 3. The van der Waals surface area contributed by atoms with Crippen molar-refractivity contribution >= 4 is 29.3 Å². The minimum Gasteiger partial charge on any atom is -0.465 e. The molecule has 1 aliphatic heterocycles. The van der Waals surface area contributed by atoms with E-state index in [1.165, 1.54) is 48.7 Å². The second-order valence-electron chi connectivity index (χ2n) is 6.87. The van der Waals surface area contributed by atoms with Gasteiger partial charge in [0.25, 0.3) is 0 Å². The summed E-state index contributed by atoms with van der Waals surface area (Å²) in [5, 5.41) is 2.85. The van der Waals surface area contributed by atoms with Crippen LogP contribution in [0.5, 0.6) is 0 Å². The number of imidazole rings is 1. The first-order valence-electron chi connectivity index (χ1n) is 9.32. The van der Waals surface area contributed by atoms with Crippen LogP contribution >= 0.6 is 11.6 Å². The normalized spacial score (nSPS) is 15.4. The number of anilines is 1. The van der Waals surface area contributed by atoms with Gasteiger partial charge in [0.05, 0.1) is 29.7 Å². The largest absolute Gasteiger partial charge is 0.465 e. The van der Waals surface area contributed by atoms with Gasteiger partial charge in [0.1, 0.15) is 6.04 Å². The summed E-state index contributed by atoms with van der Waals surface area (Å²) in [6, 6.07) is 6.67. The van der Waals surface area contributed by atoms with E-state index in [1.54, 1.807) is 0 Å². The SMILES string of the molecule is COC(=O)c1cc(NC(=O)N2CCc3[nH]cnc3[C@@H]2c2cccc(F)c2F)ccc1Cl. The quantitative estimate of drug-likeness (QED) is 0.587. The highest BCUT2D eigenvalue weighted by Gasteiger charge is 2.36. The average molecular weight is 447 g/mol. The average Bonchev–Trinajstić information content (AvgIpc) is 3.25. The number of H-pyrrole nitrogens is 1. The number of carbonyl (C=O) groups excluding carboxylic acids is 2. The van der Waals surface area contributed by atoms with Crippen LogP contribution in [-0.2, 0) is 11.2 Å². The Morgan fingerprint density at radius 3 is 2.87 bits per heavy atom. The smallest absolute Gasteiger partial charge is 0.339 e. The fraction of sp³-hybridized carbons (Fsp3) is 0.190. The van der Waals surface area contributed by atoms with Crippen molar-refractivity contribution in [3.05, 3.63) is 81.9 Å². The maximum atomic E-state index is 14.6. The van der Waals surface area contributed by atoms with Crippen molar-refractivity contribution in [2.45, 2.75) is 12.5 Å². The van der Waals surface area contributed by atoms with Crippen molar-refractivity contribution in [1.82, 2.24) is 14.9 Å². The number of urea groups is 1. The Balaban J connectivity index is 1.69. The lowest BCUT2D eigenvalue weighted by atomic mass is 9.95. The second kappa shape index (κ2) is 8.35. The number of nitrogens with zero attached hydrogens (tertiary/aromatic N) is 2. The van der Waals surface area contributed by atoms with Crippen molar-refractivity contribution < 1.29 is 23.1 Å². The number of hydrogen-bond acceptors (Lipinski definition) is 4. The van der Waals surface area contributed by atoms with Crippen molar-refractivity contribution in [2.24, 2.45) is 0 Å². The highest BCUT2D eigenvalue weighted by Crippen LogP contribution is 2.35. The zero-order valence-corrected chi connectivity index (χ0v) is 17.0. The predicted molar refractivity (Wildman–Crippen MR) is 109 cm³/mol. The van der Waals surface area contributed by atoms with Gasteiger partial charge in [-0.05, 0) is 24.3 Å². The lowest BCUT2D eigenvalue weighted by molar-refractivity contribution is 0.0601. The summed E-state index contributed by atoms with van der Waals surface area (Å²) in [7, 11) is 1.22. The molecule has 0 radical (unpaired) electrons. The summed E-state index contributed by atoms with van der Waals surface area (Å²) in [5.74, 6) is -2.71. The van der Waals surface area contributed by atoms with E-state index in [1.807, 2.05) is 0 Å². The van der Waals surface area contributed by atoms with Crippen LogP contribution in [0.4, 0.5) is 19.3 Å². The van der Waals surface area contributed by atoms with Crippen LogP contribution in [0, 0.1) is 11.6 Å². The molecule has 1 aliphatic rings. The van der Waals surface area contributed by atoms with E-state index in [4.69, 9.17) is 11.6 Å². The van der Waals surface area contributed by atoms with Crippen LogP contribution in [0.15, 0.2) is 42.7 Å². The van der Waals surface area contributed by atoms with Gasteiger partial charge in [0, 0.05) is 29.9 Å². The molecule has 7 nitrogen and oxygen atoms in total. The molecule has 0 saturated heterocycles. The summed E-state index contributed by atoms with van der Waals surface area (Å²) in [6.07, 6.45) is 1.92. The van der Waals surface area contributed by atoms with E-state index in [0.29, 0.717) is 17.8 Å². The van der Waals surface area contributed by atoms with E-state index < -0.39 is 29.7 Å². The minimum atomic E-state index is -1.04. The number of amides is 2. The van der Waals surface area contributed by atoms with Crippen molar-refractivity contribution in [2.75, 3.05) is 19.0 Å². The monoisotopic (exact) mass is 446 g/mol. The first kappa shape index (κ1) is 20.8. The molecule has 0 aliphatic carbocycles. The zero-order valence-electron chi connectivity index (χ0n) is 16.3. The molecule has 0 fully saturated rings. The molecule has 10 heteroatoms. The number of aromatic amines is 1. The van der Waals surface area contributed by atoms with Crippen molar-refractivity contribution in [3.63, 3.8) is 0 Å². The first-order valence-corrected chi connectivity index (χ1v) is 9.70. The van der Waals surface area contributed by atoms with Gasteiger partial charge in [-0.2, -0.15) is 0 Å². The minimum absolute atomic E-state index is 0.00504.